The lowest BCUT2D eigenvalue weighted by Gasteiger charge is -2.34. The Hall–Kier alpha value is -0.860. The van der Waals surface area contributed by atoms with E-state index < -0.39 is 0 Å². The van der Waals surface area contributed by atoms with Gasteiger partial charge in [0.25, 0.3) is 0 Å². The third kappa shape index (κ3) is 2.14. The van der Waals surface area contributed by atoms with Crippen molar-refractivity contribution in [1.29, 1.82) is 0 Å². The van der Waals surface area contributed by atoms with E-state index in [1.807, 2.05) is 25.1 Å². The first-order valence-electron chi connectivity index (χ1n) is 5.03. The summed E-state index contributed by atoms with van der Waals surface area (Å²) in [4.78, 5) is 0. The molecule has 2 nitrogen and oxygen atoms in total. The average molecular weight is 192 g/mol. The Bertz CT molecular complexity index is 278. The Morgan fingerprint density at radius 2 is 1.57 bits per heavy atom. The van der Waals surface area contributed by atoms with Crippen LogP contribution in [0.25, 0.3) is 0 Å². The lowest BCUT2D eigenvalue weighted by Crippen LogP contribution is -2.51. The minimum Gasteiger partial charge on any atom is -0.327 e. The average Bonchev–Trinajstić information content (AvgIpc) is 2.18. The van der Waals surface area contributed by atoms with E-state index in [4.69, 9.17) is 11.5 Å². The van der Waals surface area contributed by atoms with E-state index >= 15 is 0 Å². The molecule has 0 spiro atoms. The highest BCUT2D eigenvalue weighted by molar-refractivity contribution is 5.26. The van der Waals surface area contributed by atoms with Gasteiger partial charge in [-0.1, -0.05) is 44.2 Å². The Kier molecular flexibility index (Phi) is 3.29. The van der Waals surface area contributed by atoms with E-state index in [9.17, 15) is 0 Å². The zero-order valence-electron chi connectivity index (χ0n) is 9.20. The van der Waals surface area contributed by atoms with Crippen LogP contribution in [0.2, 0.25) is 0 Å². The normalized spacial score (nSPS) is 16.4. The molecule has 1 aromatic rings. The Labute approximate surface area is 86.3 Å². The predicted octanol–water partition coefficient (Wildman–Crippen LogP) is 1.64. The molecule has 2 heteroatoms. The molecular weight excluding hydrogens is 172 g/mol. The van der Waals surface area contributed by atoms with Crippen molar-refractivity contribution >= 4 is 0 Å². The molecule has 0 saturated carbocycles. The Morgan fingerprint density at radius 3 is 2.00 bits per heavy atom. The molecule has 4 N–H and O–H groups in total. The van der Waals surface area contributed by atoms with Gasteiger partial charge in [-0.3, -0.25) is 0 Å². The van der Waals surface area contributed by atoms with Gasteiger partial charge < -0.3 is 11.5 Å². The highest BCUT2D eigenvalue weighted by Crippen LogP contribution is 2.26. The molecule has 1 rings (SSSR count). The first-order chi connectivity index (χ1) is 6.46. The van der Waals surface area contributed by atoms with E-state index in [0.29, 0.717) is 0 Å². The molecule has 14 heavy (non-hydrogen) atoms. The maximum Gasteiger partial charge on any atom is 0.0282 e. The summed E-state index contributed by atoms with van der Waals surface area (Å²) in [6.07, 6.45) is 0. The lowest BCUT2D eigenvalue weighted by molar-refractivity contribution is 0.366. The molecular formula is C12H20N2. The van der Waals surface area contributed by atoms with Crippen molar-refractivity contribution in [1.82, 2.24) is 0 Å². The van der Waals surface area contributed by atoms with Crippen molar-refractivity contribution in [3.05, 3.63) is 35.9 Å². The van der Waals surface area contributed by atoms with Gasteiger partial charge in [-0.2, -0.15) is 0 Å². The minimum absolute atomic E-state index is 0.00482. The summed E-state index contributed by atoms with van der Waals surface area (Å²) >= 11 is 0. The maximum absolute atomic E-state index is 6.10. The van der Waals surface area contributed by atoms with Gasteiger partial charge in [0.2, 0.25) is 0 Å². The van der Waals surface area contributed by atoms with Crippen LogP contribution in [-0.4, -0.2) is 12.1 Å². The fraction of sp³-hybridized carbons (Fsp3) is 0.500. The topological polar surface area (TPSA) is 52.0 Å². The van der Waals surface area contributed by atoms with Crippen LogP contribution in [0, 0.1) is 0 Å². The van der Waals surface area contributed by atoms with Gasteiger partial charge >= 0.3 is 0 Å². The highest BCUT2D eigenvalue weighted by Gasteiger charge is 2.30. The quantitative estimate of drug-likeness (QED) is 0.765. The molecule has 0 heterocycles. The third-order valence-electron chi connectivity index (χ3n) is 2.92. The first-order valence-corrected chi connectivity index (χ1v) is 5.03. The van der Waals surface area contributed by atoms with Gasteiger partial charge in [0.1, 0.15) is 0 Å². The van der Waals surface area contributed by atoms with Gasteiger partial charge in [0.15, 0.2) is 0 Å². The fourth-order valence-corrected chi connectivity index (χ4v) is 1.72. The molecule has 0 saturated heterocycles. The van der Waals surface area contributed by atoms with Crippen LogP contribution in [0.3, 0.4) is 0 Å². The molecule has 1 aromatic carbocycles. The van der Waals surface area contributed by atoms with E-state index in [0.717, 1.165) is 0 Å². The molecule has 0 aliphatic carbocycles. The van der Waals surface area contributed by atoms with Gasteiger partial charge in [-0.25, -0.2) is 0 Å². The monoisotopic (exact) mass is 192 g/mol. The second kappa shape index (κ2) is 4.11. The highest BCUT2D eigenvalue weighted by atomic mass is 14.8. The van der Waals surface area contributed by atoms with E-state index in [1.54, 1.807) is 0 Å². The molecule has 0 bridgehead atoms. The van der Waals surface area contributed by atoms with Crippen molar-refractivity contribution in [2.45, 2.75) is 38.3 Å². The molecule has 0 amide bonds. The summed E-state index contributed by atoms with van der Waals surface area (Å²) in [5.41, 5.74) is 13.1. The van der Waals surface area contributed by atoms with Crippen LogP contribution in [-0.2, 0) is 5.41 Å². The second-order valence-electron chi connectivity index (χ2n) is 4.47. The van der Waals surface area contributed by atoms with Crippen molar-refractivity contribution in [2.75, 3.05) is 0 Å². The molecule has 2 unspecified atom stereocenters. The number of hydrogen-bond acceptors (Lipinski definition) is 2. The van der Waals surface area contributed by atoms with E-state index in [1.165, 1.54) is 5.56 Å². The largest absolute Gasteiger partial charge is 0.327 e. The minimum atomic E-state index is -0.0740. The second-order valence-corrected chi connectivity index (χ2v) is 4.47. The molecule has 0 fully saturated rings. The van der Waals surface area contributed by atoms with Gasteiger partial charge in [0.05, 0.1) is 0 Å². The lowest BCUT2D eigenvalue weighted by atomic mass is 9.76. The van der Waals surface area contributed by atoms with Crippen LogP contribution in [0.5, 0.6) is 0 Å². The van der Waals surface area contributed by atoms with Crippen molar-refractivity contribution in [3.63, 3.8) is 0 Å². The van der Waals surface area contributed by atoms with Gasteiger partial charge in [-0.15, -0.1) is 0 Å². The zero-order chi connectivity index (χ0) is 10.8. The van der Waals surface area contributed by atoms with Crippen LogP contribution < -0.4 is 11.5 Å². The van der Waals surface area contributed by atoms with Crippen LogP contribution >= 0.6 is 0 Å². The van der Waals surface area contributed by atoms with Crippen molar-refractivity contribution in [3.8, 4) is 0 Å². The molecule has 2 atom stereocenters. The first kappa shape index (κ1) is 11.2. The molecule has 0 aromatic heterocycles. The van der Waals surface area contributed by atoms with E-state index in [2.05, 4.69) is 26.0 Å². The molecule has 78 valence electrons. The van der Waals surface area contributed by atoms with Crippen LogP contribution in [0.15, 0.2) is 30.3 Å². The smallest absolute Gasteiger partial charge is 0.0282 e. The third-order valence-corrected chi connectivity index (χ3v) is 2.92. The predicted molar refractivity (Wildman–Crippen MR) is 61.1 cm³/mol. The summed E-state index contributed by atoms with van der Waals surface area (Å²) < 4.78 is 0. The Balaban J connectivity index is 2.96. The van der Waals surface area contributed by atoms with Crippen molar-refractivity contribution < 1.29 is 0 Å². The van der Waals surface area contributed by atoms with Crippen LogP contribution in [0.4, 0.5) is 0 Å². The van der Waals surface area contributed by atoms with E-state index in [-0.39, 0.29) is 17.5 Å². The number of nitrogens with two attached hydrogens (primary N) is 2. The number of hydrogen-bond donors (Lipinski definition) is 2. The number of benzene rings is 1. The zero-order valence-corrected chi connectivity index (χ0v) is 9.20. The number of rotatable bonds is 3. The summed E-state index contributed by atoms with van der Waals surface area (Å²) in [5, 5.41) is 0. The summed E-state index contributed by atoms with van der Waals surface area (Å²) in [5.74, 6) is 0. The van der Waals surface area contributed by atoms with Crippen molar-refractivity contribution in [2.24, 2.45) is 11.5 Å². The van der Waals surface area contributed by atoms with Crippen LogP contribution in [0.1, 0.15) is 26.3 Å². The summed E-state index contributed by atoms with van der Waals surface area (Å²) in [6.45, 7) is 6.22. The standard InChI is InChI=1S/C12H20N2/c1-9(13)11(14)12(2,3)10-7-5-4-6-8-10/h4-9,11H,13-14H2,1-3H3. The summed E-state index contributed by atoms with van der Waals surface area (Å²) in [7, 11) is 0. The molecule has 0 aliphatic heterocycles. The molecule has 0 aliphatic rings. The van der Waals surface area contributed by atoms with Gasteiger partial charge in [-0.05, 0) is 12.5 Å². The SMILES string of the molecule is CC(N)C(N)C(C)(C)c1ccccc1. The Morgan fingerprint density at radius 1 is 1.07 bits per heavy atom. The summed E-state index contributed by atoms with van der Waals surface area (Å²) in [6, 6.07) is 10.3. The fourth-order valence-electron chi connectivity index (χ4n) is 1.72. The van der Waals surface area contributed by atoms with Gasteiger partial charge in [0, 0.05) is 17.5 Å². The molecule has 0 radical (unpaired) electrons. The maximum atomic E-state index is 6.10.